The third kappa shape index (κ3) is 5.12. The van der Waals surface area contributed by atoms with E-state index in [-0.39, 0.29) is 52.1 Å². The lowest BCUT2D eigenvalue weighted by Crippen LogP contribution is -2.71. The molecule has 15 heteroatoms. The van der Waals surface area contributed by atoms with Crippen LogP contribution in [0.4, 0.5) is 5.13 Å². The number of aromatic hydroxyl groups is 2. The minimum Gasteiger partial charge on any atom is -0.543 e. The van der Waals surface area contributed by atoms with Crippen LogP contribution in [-0.4, -0.2) is 66.9 Å². The number of carbonyl (C=O) groups is 3. The number of pyridine rings is 1. The van der Waals surface area contributed by atoms with Gasteiger partial charge in [0.25, 0.3) is 11.8 Å². The third-order valence-corrected chi connectivity index (χ3v) is 8.18. The number of benzene rings is 1. The first-order chi connectivity index (χ1) is 19.0. The Morgan fingerprint density at radius 1 is 1.32 bits per heavy atom. The third-order valence-electron chi connectivity index (χ3n) is 6.17. The van der Waals surface area contributed by atoms with E-state index < -0.39 is 29.2 Å². The first kappa shape index (κ1) is 27.2. The van der Waals surface area contributed by atoms with Crippen molar-refractivity contribution in [3.63, 3.8) is 0 Å². The quantitative estimate of drug-likeness (QED) is 0.0906. The number of thiazole rings is 1. The van der Waals surface area contributed by atoms with Crippen LogP contribution in [0.5, 0.6) is 11.5 Å². The predicted octanol–water partition coefficient (Wildman–Crippen LogP) is -0.190. The van der Waals surface area contributed by atoms with Gasteiger partial charge >= 0.3 is 0 Å². The molecule has 2 aliphatic heterocycles. The summed E-state index contributed by atoms with van der Waals surface area (Å²) in [5.74, 6) is -3.09. The zero-order valence-corrected chi connectivity index (χ0v) is 22.9. The molecule has 3 aromatic rings. The van der Waals surface area contributed by atoms with E-state index in [1.807, 2.05) is 0 Å². The molecule has 208 valence electrons. The number of phenols is 2. The largest absolute Gasteiger partial charge is 0.543 e. The lowest BCUT2D eigenvalue weighted by Gasteiger charge is -2.50. The molecular weight excluding hydrogens is 560 g/mol. The second kappa shape index (κ2) is 10.7. The molecule has 4 heterocycles. The highest BCUT2D eigenvalue weighted by atomic mass is 32.2. The molecule has 13 nitrogen and oxygen atoms in total. The van der Waals surface area contributed by atoms with E-state index in [2.05, 4.69) is 15.5 Å². The number of β-lactam (4-membered cyclic amide) rings is 1. The van der Waals surface area contributed by atoms with E-state index in [9.17, 15) is 29.7 Å². The molecule has 2 atom stereocenters. The van der Waals surface area contributed by atoms with Crippen LogP contribution < -0.4 is 20.7 Å². The van der Waals surface area contributed by atoms with Crippen LogP contribution in [0.2, 0.25) is 0 Å². The number of oxime groups is 1. The van der Waals surface area contributed by atoms with Gasteiger partial charge < -0.3 is 36.0 Å². The molecule has 1 unspecified atom stereocenters. The number of nitrogens with two attached hydrogens (primary N) is 1. The number of anilines is 1. The number of fused-ring (bicyclic) bond motifs is 2. The number of hydrogen-bond donors (Lipinski definition) is 4. The zero-order valence-electron chi connectivity index (χ0n) is 21.2. The number of nitrogen functional groups attached to an aromatic ring is 1. The number of carboxylic acids is 1. The molecule has 1 saturated heterocycles. The highest BCUT2D eigenvalue weighted by molar-refractivity contribution is 8.00. The molecule has 0 radical (unpaired) electrons. The van der Waals surface area contributed by atoms with Crippen molar-refractivity contribution in [2.75, 3.05) is 11.5 Å². The Bertz CT molecular complexity index is 1600. The van der Waals surface area contributed by atoms with Gasteiger partial charge in [-0.3, -0.25) is 14.5 Å². The summed E-state index contributed by atoms with van der Waals surface area (Å²) < 4.78 is 1.71. The van der Waals surface area contributed by atoms with E-state index in [1.165, 1.54) is 23.9 Å². The molecule has 1 aromatic carbocycles. The molecule has 0 spiro atoms. The van der Waals surface area contributed by atoms with Gasteiger partial charge in [0.2, 0.25) is 0 Å². The van der Waals surface area contributed by atoms with Gasteiger partial charge in [0.1, 0.15) is 23.2 Å². The number of nitrogens with one attached hydrogen (secondary N) is 1. The number of thioether (sulfide) groups is 1. The minimum atomic E-state index is -1.51. The average Bonchev–Trinajstić information content (AvgIpc) is 3.33. The molecule has 0 aliphatic carbocycles. The number of nitrogens with zero attached hydrogens (tertiary/aromatic N) is 4. The van der Waals surface area contributed by atoms with Gasteiger partial charge in [-0.05, 0) is 31.4 Å². The van der Waals surface area contributed by atoms with Crippen molar-refractivity contribution in [2.45, 2.75) is 37.9 Å². The van der Waals surface area contributed by atoms with E-state index in [1.54, 1.807) is 42.3 Å². The molecule has 2 aromatic heterocycles. The highest BCUT2D eigenvalue weighted by Gasteiger charge is 2.53. The van der Waals surface area contributed by atoms with Crippen molar-refractivity contribution in [1.82, 2.24) is 15.2 Å². The van der Waals surface area contributed by atoms with Crippen molar-refractivity contribution in [1.29, 1.82) is 0 Å². The number of amides is 2. The number of hydrogen-bond acceptors (Lipinski definition) is 12. The van der Waals surface area contributed by atoms with Gasteiger partial charge in [-0.15, -0.1) is 23.1 Å². The van der Waals surface area contributed by atoms with Crippen LogP contribution in [0.3, 0.4) is 0 Å². The SMILES string of the molecule is CC(C)ON=C(C(=O)NC1C(=O)N2C(C(=O)[O-])=C(C[n+]3ccc4cc(O)c(O)cc4c3)CS[C@H]12)c1csc(N)n1. The highest BCUT2D eigenvalue weighted by Crippen LogP contribution is 2.40. The number of carbonyl (C=O) groups excluding carboxylic acids is 3. The molecular formula is C25H24N6O7S2. The molecule has 5 N–H and O–H groups in total. The molecule has 0 saturated carbocycles. The number of aliphatic carboxylic acids is 1. The Balaban J connectivity index is 1.36. The van der Waals surface area contributed by atoms with Crippen molar-refractivity contribution >= 4 is 62.5 Å². The van der Waals surface area contributed by atoms with Crippen LogP contribution in [-0.2, 0) is 25.8 Å². The van der Waals surface area contributed by atoms with Crippen molar-refractivity contribution in [3.8, 4) is 11.5 Å². The molecule has 2 amide bonds. The summed E-state index contributed by atoms with van der Waals surface area (Å²) in [6, 6.07) is 3.53. The molecule has 1 fully saturated rings. The smallest absolute Gasteiger partial charge is 0.276 e. The number of aromatic nitrogens is 2. The second-order valence-electron chi connectivity index (χ2n) is 9.35. The summed E-state index contributed by atoms with van der Waals surface area (Å²) in [5, 5.41) is 40.7. The Hall–Kier alpha value is -4.37. The normalized spacial score (nSPS) is 19.0. The Labute approximate surface area is 235 Å². The summed E-state index contributed by atoms with van der Waals surface area (Å²) in [5.41, 5.74) is 5.93. The Morgan fingerprint density at radius 3 is 2.70 bits per heavy atom. The zero-order chi connectivity index (χ0) is 28.7. The first-order valence-electron chi connectivity index (χ1n) is 12.0. The lowest BCUT2D eigenvalue weighted by molar-refractivity contribution is -0.687. The summed E-state index contributed by atoms with van der Waals surface area (Å²) in [6.45, 7) is 3.60. The van der Waals surface area contributed by atoms with Crippen LogP contribution in [0.1, 0.15) is 19.5 Å². The van der Waals surface area contributed by atoms with Gasteiger partial charge in [0, 0.05) is 28.2 Å². The summed E-state index contributed by atoms with van der Waals surface area (Å²) in [6.07, 6.45) is 3.07. The summed E-state index contributed by atoms with van der Waals surface area (Å²) in [4.78, 5) is 48.8. The van der Waals surface area contributed by atoms with Crippen LogP contribution >= 0.6 is 23.1 Å². The average molecular weight is 585 g/mol. The maximum Gasteiger partial charge on any atom is 0.276 e. The molecule has 0 bridgehead atoms. The van der Waals surface area contributed by atoms with E-state index in [0.29, 0.717) is 16.3 Å². The topological polar surface area (TPSA) is 194 Å². The van der Waals surface area contributed by atoms with Gasteiger partial charge in [0.05, 0.1) is 11.7 Å². The monoisotopic (exact) mass is 584 g/mol. The molecule has 40 heavy (non-hydrogen) atoms. The fourth-order valence-corrected chi connectivity index (χ4v) is 6.23. The van der Waals surface area contributed by atoms with E-state index in [4.69, 9.17) is 10.6 Å². The second-order valence-corrected chi connectivity index (χ2v) is 11.3. The molecule has 5 rings (SSSR count). The van der Waals surface area contributed by atoms with Crippen LogP contribution in [0.15, 0.2) is 52.4 Å². The number of rotatable bonds is 8. The summed E-state index contributed by atoms with van der Waals surface area (Å²) in [7, 11) is 0. The van der Waals surface area contributed by atoms with Gasteiger partial charge in [-0.2, -0.15) is 0 Å². The lowest BCUT2D eigenvalue weighted by atomic mass is 10.0. The van der Waals surface area contributed by atoms with Crippen LogP contribution in [0, 0.1) is 0 Å². The fourth-order valence-electron chi connectivity index (χ4n) is 4.34. The van der Waals surface area contributed by atoms with Gasteiger partial charge in [-0.25, -0.2) is 9.55 Å². The molecule has 2 aliphatic rings. The first-order valence-corrected chi connectivity index (χ1v) is 13.9. The standard InChI is InChI=1S/C25H24N6O7S2/c1-11(2)38-29-18(15-10-40-25(26)27-15)21(34)28-19-22(35)31-20(24(36)37)14(9-39-23(19)31)8-30-4-3-12-5-16(32)17(33)6-13(12)7-30/h3-7,10-11,19,23H,8-9H2,1-2H3,(H5,26,27,28,33,34,36,37)/t19?,23-/m1/s1. The number of carboxylic acid groups (broad SMARTS) is 1. The maximum absolute atomic E-state index is 13.1. The van der Waals surface area contributed by atoms with Crippen molar-refractivity contribution in [3.05, 3.63) is 52.9 Å². The van der Waals surface area contributed by atoms with Gasteiger partial charge in [-0.1, -0.05) is 5.16 Å². The predicted molar refractivity (Wildman–Crippen MR) is 144 cm³/mol. The van der Waals surface area contributed by atoms with Crippen molar-refractivity contribution in [2.24, 2.45) is 5.16 Å². The Kier molecular flexibility index (Phi) is 7.25. The van der Waals surface area contributed by atoms with Crippen molar-refractivity contribution < 1.29 is 39.1 Å². The maximum atomic E-state index is 13.1. The van der Waals surface area contributed by atoms with Gasteiger partial charge in [0.15, 0.2) is 41.3 Å². The number of phenolic OH excluding ortho intramolecular Hbond substituents is 2. The fraction of sp³-hybridized carbons (Fsp3) is 0.280. The summed E-state index contributed by atoms with van der Waals surface area (Å²) >= 11 is 2.42. The minimum absolute atomic E-state index is 0.135. The Morgan fingerprint density at radius 2 is 2.05 bits per heavy atom. The van der Waals surface area contributed by atoms with E-state index >= 15 is 0 Å². The van der Waals surface area contributed by atoms with Crippen LogP contribution in [0.25, 0.3) is 10.8 Å². The van der Waals surface area contributed by atoms with E-state index in [0.717, 1.165) is 16.2 Å².